The highest BCUT2D eigenvalue weighted by Crippen LogP contribution is 2.23. The van der Waals surface area contributed by atoms with Gasteiger partial charge in [-0.25, -0.2) is 9.78 Å². The van der Waals surface area contributed by atoms with Crippen LogP contribution < -0.4 is 16.6 Å². The predicted octanol–water partition coefficient (Wildman–Crippen LogP) is -0.800. The highest BCUT2D eigenvalue weighted by molar-refractivity contribution is 5.81. The topological polar surface area (TPSA) is 153 Å². The summed E-state index contributed by atoms with van der Waals surface area (Å²) >= 11 is 0. The van der Waals surface area contributed by atoms with E-state index in [0.29, 0.717) is 24.0 Å². The van der Waals surface area contributed by atoms with Gasteiger partial charge in [0.2, 0.25) is 0 Å². The molecule has 1 atom stereocenters. The van der Waals surface area contributed by atoms with Crippen molar-refractivity contribution in [2.75, 3.05) is 6.54 Å². The third kappa shape index (κ3) is 4.25. The summed E-state index contributed by atoms with van der Waals surface area (Å²) in [4.78, 5) is 34.3. The monoisotopic (exact) mass is 389 g/mol. The number of aromatic amines is 1. The Morgan fingerprint density at radius 1 is 1.14 bits per heavy atom. The second-order valence-electron chi connectivity index (χ2n) is 6.78. The summed E-state index contributed by atoms with van der Waals surface area (Å²) in [6.07, 6.45) is -1.76. The quantitative estimate of drug-likeness (QED) is 0.200. The number of nitrogens with zero attached hydrogens (tertiary/aromatic N) is 3. The molecule has 0 aliphatic carbocycles. The van der Waals surface area contributed by atoms with E-state index in [1.807, 2.05) is 26.0 Å². The zero-order valence-corrected chi connectivity index (χ0v) is 15.6. The third-order valence-corrected chi connectivity index (χ3v) is 4.60. The maximum Gasteiger partial charge on any atom is 0.349 e. The molecule has 0 radical (unpaired) electrons. The molecule has 1 unspecified atom stereocenters. The molecule has 2 heterocycles. The molecule has 0 aromatic heterocycles. The van der Waals surface area contributed by atoms with E-state index in [0.717, 1.165) is 11.1 Å². The van der Waals surface area contributed by atoms with Gasteiger partial charge in [-0.1, -0.05) is 0 Å². The molecule has 0 fully saturated rings. The molecule has 0 amide bonds. The number of hydrogen-bond donors (Lipinski definition) is 5. The molecule has 10 nitrogen and oxygen atoms in total. The Morgan fingerprint density at radius 2 is 1.86 bits per heavy atom. The van der Waals surface area contributed by atoms with Crippen molar-refractivity contribution in [2.24, 2.45) is 0 Å². The number of rotatable bonds is 7. The molecule has 0 spiro atoms. The Morgan fingerprint density at radius 3 is 2.57 bits per heavy atom. The molecule has 3 rings (SSSR count). The van der Waals surface area contributed by atoms with Gasteiger partial charge in [0.1, 0.15) is 6.23 Å². The minimum atomic E-state index is -1.39. The molecule has 1 aromatic carbocycles. The lowest BCUT2D eigenvalue weighted by molar-refractivity contribution is -0.0467. The lowest BCUT2D eigenvalue weighted by Gasteiger charge is -2.21. The van der Waals surface area contributed by atoms with Crippen molar-refractivity contribution in [3.05, 3.63) is 44.1 Å². The van der Waals surface area contributed by atoms with E-state index in [9.17, 15) is 14.7 Å². The van der Waals surface area contributed by atoms with Crippen LogP contribution in [0, 0.1) is 13.8 Å². The van der Waals surface area contributed by atoms with Crippen molar-refractivity contribution in [1.29, 1.82) is 0 Å². The highest BCUT2D eigenvalue weighted by atomic mass is 16.5. The average molecular weight is 389 g/mol. The Bertz CT molecular complexity index is 1070. The van der Waals surface area contributed by atoms with Gasteiger partial charge >= 0.3 is 5.69 Å². The Kier molecular flexibility index (Phi) is 5.84. The van der Waals surface area contributed by atoms with Crippen molar-refractivity contribution in [3.8, 4) is 11.5 Å². The number of H-pyrrole nitrogens is 1. The molecule has 5 N–H and O–H groups in total. The van der Waals surface area contributed by atoms with E-state index in [2.05, 4.69) is 20.3 Å². The molecule has 0 saturated carbocycles. The minimum absolute atomic E-state index is 0.0194. The van der Waals surface area contributed by atoms with Gasteiger partial charge in [-0.15, -0.1) is 0 Å². The number of nitrogens with one attached hydrogen (secondary N) is 2. The van der Waals surface area contributed by atoms with Crippen LogP contribution in [0.1, 0.15) is 24.0 Å². The molecule has 28 heavy (non-hydrogen) atoms. The van der Waals surface area contributed by atoms with Crippen LogP contribution in [0.4, 0.5) is 0 Å². The number of hydrogen-bond acceptors (Lipinski definition) is 8. The van der Waals surface area contributed by atoms with Crippen molar-refractivity contribution < 1.29 is 15.3 Å². The fourth-order valence-corrected chi connectivity index (χ4v) is 3.03. The zero-order valence-electron chi connectivity index (χ0n) is 15.6. The molecule has 0 bridgehead atoms. The molecule has 150 valence electrons. The Labute approximate surface area is 159 Å². The summed E-state index contributed by atoms with van der Waals surface area (Å²) in [5, 5.41) is 31.0. The van der Waals surface area contributed by atoms with E-state index in [1.165, 1.54) is 0 Å². The summed E-state index contributed by atoms with van der Waals surface area (Å²) in [5.41, 5.74) is 1.78. The third-order valence-electron chi connectivity index (χ3n) is 4.60. The Balaban J connectivity index is 2.03. The largest absolute Gasteiger partial charge is 0.377 e. The van der Waals surface area contributed by atoms with Crippen molar-refractivity contribution in [3.63, 3.8) is 0 Å². The highest BCUT2D eigenvalue weighted by Gasteiger charge is 2.20. The number of aromatic nitrogens is 4. The second-order valence-corrected chi connectivity index (χ2v) is 6.78. The predicted molar refractivity (Wildman–Crippen MR) is 102 cm³/mol. The van der Waals surface area contributed by atoms with Crippen LogP contribution in [0.2, 0.25) is 0 Å². The van der Waals surface area contributed by atoms with E-state index in [-0.39, 0.29) is 24.5 Å². The molecule has 1 aromatic rings. The van der Waals surface area contributed by atoms with E-state index < -0.39 is 23.8 Å². The first-order chi connectivity index (χ1) is 13.3. The maximum atomic E-state index is 12.2. The van der Waals surface area contributed by atoms with Crippen LogP contribution in [0.25, 0.3) is 22.6 Å². The number of aliphatic hydroxyl groups excluding tert-OH is 2. The fourth-order valence-electron chi connectivity index (χ4n) is 3.03. The number of aliphatic hydroxyl groups is 3. The molecular weight excluding hydrogens is 366 g/mol. The summed E-state index contributed by atoms with van der Waals surface area (Å²) in [6.45, 7) is 4.25. The number of fused-ring (bicyclic) bond motifs is 2. The Hall–Kier alpha value is -2.66. The van der Waals surface area contributed by atoms with Gasteiger partial charge in [0.05, 0.1) is 17.6 Å². The van der Waals surface area contributed by atoms with Crippen LogP contribution in [0.15, 0.2) is 21.7 Å². The van der Waals surface area contributed by atoms with E-state index in [1.54, 1.807) is 4.57 Å². The van der Waals surface area contributed by atoms with Crippen molar-refractivity contribution in [2.45, 2.75) is 45.8 Å². The smallest absolute Gasteiger partial charge is 0.349 e. The summed E-state index contributed by atoms with van der Waals surface area (Å²) in [6, 6.07) is 3.72. The van der Waals surface area contributed by atoms with Gasteiger partial charge in [0.25, 0.3) is 5.56 Å². The van der Waals surface area contributed by atoms with Gasteiger partial charge in [0.15, 0.2) is 17.8 Å². The SMILES string of the molecule is Cc1cc2nc3c(=O)[nH]c(=O)nc-3n(CC(O)NCCCC(O)O)c2cc1C. The molecule has 0 saturated heterocycles. The number of aryl methyl sites for hydroxylation is 2. The average Bonchev–Trinajstić information content (AvgIpc) is 2.61. The molecular formula is C18H23N5O5. The first kappa shape index (κ1) is 20.1. The van der Waals surface area contributed by atoms with Crippen LogP contribution in [-0.4, -0.2) is 53.9 Å². The summed E-state index contributed by atoms with van der Waals surface area (Å²) in [5.74, 6) is 0.0936. The first-order valence-corrected chi connectivity index (χ1v) is 8.95. The van der Waals surface area contributed by atoms with Crippen LogP contribution in [0.3, 0.4) is 0 Å². The minimum Gasteiger partial charge on any atom is -0.377 e. The van der Waals surface area contributed by atoms with Gasteiger partial charge < -0.3 is 19.9 Å². The van der Waals surface area contributed by atoms with E-state index >= 15 is 0 Å². The second kappa shape index (κ2) is 8.15. The maximum absolute atomic E-state index is 12.2. The van der Waals surface area contributed by atoms with Crippen molar-refractivity contribution >= 4 is 11.0 Å². The lowest BCUT2D eigenvalue weighted by atomic mass is 10.1. The van der Waals surface area contributed by atoms with Crippen LogP contribution in [-0.2, 0) is 6.54 Å². The van der Waals surface area contributed by atoms with Gasteiger partial charge in [-0.05, 0) is 56.5 Å². The van der Waals surface area contributed by atoms with Gasteiger partial charge in [-0.2, -0.15) is 4.98 Å². The summed E-state index contributed by atoms with van der Waals surface area (Å²) in [7, 11) is 0. The standard InChI is InChI=1S/C18H23N5O5/c1-9-6-11-12(7-10(9)2)23(8-13(24)19-5-3-4-14(25)26)16-15(20-11)17(27)22-18(28)21-16/h6-7,13-14,19,24-26H,3-5,8H2,1-2H3,(H,22,27,28). The fraction of sp³-hybridized carbons (Fsp3) is 0.444. The molecule has 2 aliphatic rings. The summed E-state index contributed by atoms with van der Waals surface area (Å²) < 4.78 is 1.60. The normalized spacial score (nSPS) is 12.9. The first-order valence-electron chi connectivity index (χ1n) is 8.95. The zero-order chi connectivity index (χ0) is 20.4. The lowest BCUT2D eigenvalue weighted by Crippen LogP contribution is -2.36. The van der Waals surface area contributed by atoms with E-state index in [4.69, 9.17) is 10.2 Å². The van der Waals surface area contributed by atoms with Crippen molar-refractivity contribution in [1.82, 2.24) is 24.8 Å². The van der Waals surface area contributed by atoms with Gasteiger partial charge in [0, 0.05) is 0 Å². The number of benzene rings is 1. The van der Waals surface area contributed by atoms with Crippen LogP contribution >= 0.6 is 0 Å². The molecule has 2 aliphatic heterocycles. The van der Waals surface area contributed by atoms with Gasteiger partial charge in [-0.3, -0.25) is 15.1 Å². The van der Waals surface area contributed by atoms with Crippen LogP contribution in [0.5, 0.6) is 0 Å². The molecule has 10 heteroatoms.